The van der Waals surface area contributed by atoms with Crippen LogP contribution in [-0.2, 0) is 4.79 Å². The smallest absolute Gasteiger partial charge is 0.260 e. The van der Waals surface area contributed by atoms with E-state index >= 15 is 0 Å². The lowest BCUT2D eigenvalue weighted by Crippen LogP contribution is -2.51. The Morgan fingerprint density at radius 1 is 0.893 bits per heavy atom. The number of piperazine rings is 1. The van der Waals surface area contributed by atoms with Crippen LogP contribution < -0.4 is 9.47 Å². The average Bonchev–Trinajstić information content (AvgIpc) is 2.73. The van der Waals surface area contributed by atoms with Crippen LogP contribution in [0.3, 0.4) is 0 Å². The molecule has 1 aliphatic rings. The molecule has 28 heavy (non-hydrogen) atoms. The fourth-order valence-corrected chi connectivity index (χ4v) is 3.00. The van der Waals surface area contributed by atoms with Crippen molar-refractivity contribution in [2.75, 3.05) is 39.4 Å². The van der Waals surface area contributed by atoms with Gasteiger partial charge < -0.3 is 19.3 Å². The minimum absolute atomic E-state index is 0.0566. The van der Waals surface area contributed by atoms with Crippen LogP contribution in [0.5, 0.6) is 11.5 Å². The lowest BCUT2D eigenvalue weighted by Gasteiger charge is -2.34. The molecular weight excluding hydrogens is 363 g/mol. The van der Waals surface area contributed by atoms with Crippen molar-refractivity contribution in [3.05, 3.63) is 59.9 Å². The number of carbonyl (C=O) groups excluding carboxylic acids is 2. The van der Waals surface area contributed by atoms with Crippen molar-refractivity contribution >= 4 is 11.8 Å². The van der Waals surface area contributed by atoms with Crippen molar-refractivity contribution in [2.24, 2.45) is 0 Å². The van der Waals surface area contributed by atoms with E-state index in [0.29, 0.717) is 38.5 Å². The Bertz CT molecular complexity index is 817. The third-order valence-corrected chi connectivity index (χ3v) is 4.52. The van der Waals surface area contributed by atoms with Crippen LogP contribution >= 0.6 is 0 Å². The Kier molecular flexibility index (Phi) is 6.47. The number of halogens is 1. The molecule has 2 aromatic carbocycles. The van der Waals surface area contributed by atoms with Crippen molar-refractivity contribution in [1.82, 2.24) is 9.80 Å². The quantitative estimate of drug-likeness (QED) is 0.766. The van der Waals surface area contributed by atoms with Gasteiger partial charge in [-0.3, -0.25) is 9.59 Å². The molecule has 148 valence electrons. The van der Waals surface area contributed by atoms with Crippen molar-refractivity contribution in [2.45, 2.75) is 6.92 Å². The van der Waals surface area contributed by atoms with E-state index in [1.807, 2.05) is 6.92 Å². The van der Waals surface area contributed by atoms with Crippen molar-refractivity contribution in [3.63, 3.8) is 0 Å². The first-order valence-corrected chi connectivity index (χ1v) is 9.25. The molecule has 0 N–H and O–H groups in total. The molecule has 1 saturated heterocycles. The standard InChI is InChI=1S/C21H23FN2O4/c1-2-27-16-7-9-17(10-8-16)28-15-20(25)23-11-13-24(14-12-23)21(26)18-5-3-4-6-19(18)22/h3-10H,2,11-15H2,1H3. The Morgan fingerprint density at radius 3 is 2.07 bits per heavy atom. The Hall–Kier alpha value is -3.09. The molecule has 0 aromatic heterocycles. The molecule has 6 nitrogen and oxygen atoms in total. The van der Waals surface area contributed by atoms with Gasteiger partial charge >= 0.3 is 0 Å². The first-order chi connectivity index (χ1) is 13.6. The molecule has 2 amide bonds. The zero-order valence-corrected chi connectivity index (χ0v) is 15.8. The third-order valence-electron chi connectivity index (χ3n) is 4.52. The topological polar surface area (TPSA) is 59.1 Å². The Labute approximate surface area is 163 Å². The molecule has 7 heteroatoms. The fraction of sp³-hybridized carbons (Fsp3) is 0.333. The van der Waals surface area contributed by atoms with E-state index in [1.165, 1.54) is 12.1 Å². The summed E-state index contributed by atoms with van der Waals surface area (Å²) >= 11 is 0. The molecule has 1 aliphatic heterocycles. The second kappa shape index (κ2) is 9.21. The fourth-order valence-electron chi connectivity index (χ4n) is 3.00. The predicted molar refractivity (Wildman–Crippen MR) is 102 cm³/mol. The summed E-state index contributed by atoms with van der Waals surface area (Å²) in [4.78, 5) is 28.0. The van der Waals surface area contributed by atoms with Gasteiger partial charge in [-0.15, -0.1) is 0 Å². The van der Waals surface area contributed by atoms with E-state index in [9.17, 15) is 14.0 Å². The van der Waals surface area contributed by atoms with Gasteiger partial charge in [-0.25, -0.2) is 4.39 Å². The number of hydrogen-bond donors (Lipinski definition) is 0. The first kappa shape index (κ1) is 19.7. The highest BCUT2D eigenvalue weighted by Crippen LogP contribution is 2.18. The van der Waals surface area contributed by atoms with Crippen LogP contribution in [0.25, 0.3) is 0 Å². The normalized spacial score (nSPS) is 13.9. The monoisotopic (exact) mass is 386 g/mol. The predicted octanol–water partition coefficient (Wildman–Crippen LogP) is 2.59. The SMILES string of the molecule is CCOc1ccc(OCC(=O)N2CCN(C(=O)c3ccccc3F)CC2)cc1. The van der Waals surface area contributed by atoms with Gasteiger partial charge in [-0.2, -0.15) is 0 Å². The second-order valence-corrected chi connectivity index (χ2v) is 6.35. The van der Waals surface area contributed by atoms with Gasteiger partial charge in [-0.1, -0.05) is 12.1 Å². The summed E-state index contributed by atoms with van der Waals surface area (Å²) in [6.45, 7) is 3.94. The zero-order valence-electron chi connectivity index (χ0n) is 15.8. The minimum Gasteiger partial charge on any atom is -0.494 e. The molecule has 3 rings (SSSR count). The summed E-state index contributed by atoms with van der Waals surface area (Å²) in [5.74, 6) is 0.305. The number of nitrogens with zero attached hydrogens (tertiary/aromatic N) is 2. The molecule has 0 aliphatic carbocycles. The lowest BCUT2D eigenvalue weighted by atomic mass is 10.1. The molecular formula is C21H23FN2O4. The average molecular weight is 386 g/mol. The van der Waals surface area contributed by atoms with Gasteiger partial charge in [0.1, 0.15) is 17.3 Å². The minimum atomic E-state index is -0.533. The molecule has 0 saturated carbocycles. The highest BCUT2D eigenvalue weighted by Gasteiger charge is 2.26. The van der Waals surface area contributed by atoms with Gasteiger partial charge in [0.05, 0.1) is 12.2 Å². The summed E-state index contributed by atoms with van der Waals surface area (Å²) in [6.07, 6.45) is 0. The van der Waals surface area contributed by atoms with Gasteiger partial charge in [0.25, 0.3) is 11.8 Å². The zero-order chi connectivity index (χ0) is 19.9. The Morgan fingerprint density at radius 2 is 1.46 bits per heavy atom. The van der Waals surface area contributed by atoms with Crippen molar-refractivity contribution in [1.29, 1.82) is 0 Å². The molecule has 0 spiro atoms. The Balaban J connectivity index is 1.47. The van der Waals surface area contributed by atoms with Crippen molar-refractivity contribution in [3.8, 4) is 11.5 Å². The van der Waals surface area contributed by atoms with E-state index in [1.54, 1.807) is 46.2 Å². The summed E-state index contributed by atoms with van der Waals surface area (Å²) in [7, 11) is 0. The van der Waals surface area contributed by atoms with E-state index < -0.39 is 5.82 Å². The maximum absolute atomic E-state index is 13.8. The van der Waals surface area contributed by atoms with Crippen LogP contribution in [0.2, 0.25) is 0 Å². The number of hydrogen-bond acceptors (Lipinski definition) is 4. The summed E-state index contributed by atoms with van der Waals surface area (Å²) in [5, 5.41) is 0. The second-order valence-electron chi connectivity index (χ2n) is 6.35. The molecule has 1 fully saturated rings. The summed E-state index contributed by atoms with van der Waals surface area (Å²) in [6, 6.07) is 13.0. The van der Waals surface area contributed by atoms with Gasteiger partial charge in [0.2, 0.25) is 0 Å². The van der Waals surface area contributed by atoms with E-state index in [-0.39, 0.29) is 24.0 Å². The van der Waals surface area contributed by atoms with Crippen LogP contribution in [0.1, 0.15) is 17.3 Å². The molecule has 0 unspecified atom stereocenters. The molecule has 0 bridgehead atoms. The number of rotatable bonds is 6. The van der Waals surface area contributed by atoms with Crippen LogP contribution in [0, 0.1) is 5.82 Å². The van der Waals surface area contributed by atoms with Gasteiger partial charge in [-0.05, 0) is 43.3 Å². The summed E-state index contributed by atoms with van der Waals surface area (Å²) < 4.78 is 24.7. The van der Waals surface area contributed by atoms with Crippen LogP contribution in [-0.4, -0.2) is 61.0 Å². The summed E-state index contributed by atoms with van der Waals surface area (Å²) in [5.41, 5.74) is 0.0566. The van der Waals surface area contributed by atoms with Gasteiger partial charge in [0, 0.05) is 26.2 Å². The highest BCUT2D eigenvalue weighted by molar-refractivity contribution is 5.94. The van der Waals surface area contributed by atoms with Crippen LogP contribution in [0.4, 0.5) is 4.39 Å². The largest absolute Gasteiger partial charge is 0.494 e. The van der Waals surface area contributed by atoms with Gasteiger partial charge in [0.15, 0.2) is 6.61 Å². The number of benzene rings is 2. The number of carbonyl (C=O) groups is 2. The maximum Gasteiger partial charge on any atom is 0.260 e. The van der Waals surface area contributed by atoms with Crippen molar-refractivity contribution < 1.29 is 23.5 Å². The maximum atomic E-state index is 13.8. The highest BCUT2D eigenvalue weighted by atomic mass is 19.1. The van der Waals surface area contributed by atoms with E-state index in [2.05, 4.69) is 0 Å². The molecule has 2 aromatic rings. The van der Waals surface area contributed by atoms with E-state index in [4.69, 9.17) is 9.47 Å². The first-order valence-electron chi connectivity index (χ1n) is 9.25. The van der Waals surface area contributed by atoms with E-state index in [0.717, 1.165) is 5.75 Å². The lowest BCUT2D eigenvalue weighted by molar-refractivity contribution is -0.134. The van der Waals surface area contributed by atoms with Crippen LogP contribution in [0.15, 0.2) is 48.5 Å². The number of amides is 2. The molecule has 0 atom stereocenters. The molecule has 1 heterocycles. The number of ether oxygens (including phenoxy) is 2. The third kappa shape index (κ3) is 4.79. The molecule has 0 radical (unpaired) electrons.